The fourth-order valence-electron chi connectivity index (χ4n) is 1.73. The summed E-state index contributed by atoms with van der Waals surface area (Å²) in [5.74, 6) is -1.28. The van der Waals surface area contributed by atoms with Gasteiger partial charge in [-0.2, -0.15) is 5.26 Å². The molecule has 138 valence electrons. The molecule has 0 atom stereocenters. The highest BCUT2D eigenvalue weighted by atomic mass is 16.5. The quantitative estimate of drug-likeness (QED) is 0.271. The van der Waals surface area contributed by atoms with Crippen LogP contribution in [0.5, 0.6) is 0 Å². The fourth-order valence-corrected chi connectivity index (χ4v) is 1.73. The maximum atomic E-state index is 12.1. The van der Waals surface area contributed by atoms with Crippen LogP contribution in [0.2, 0.25) is 0 Å². The molecule has 0 aliphatic rings. The van der Waals surface area contributed by atoms with E-state index in [0.29, 0.717) is 0 Å². The summed E-state index contributed by atoms with van der Waals surface area (Å²) >= 11 is 0. The highest BCUT2D eigenvalue weighted by Crippen LogP contribution is 2.19. The number of hydrogen-bond donors (Lipinski definition) is 0. The van der Waals surface area contributed by atoms with Gasteiger partial charge in [0, 0.05) is 11.6 Å². The number of hydrogen-bond acceptors (Lipinski definition) is 7. The first kappa shape index (κ1) is 22.4. The van der Waals surface area contributed by atoms with E-state index >= 15 is 0 Å². The normalized spacial score (nSPS) is 11.8. The van der Waals surface area contributed by atoms with E-state index in [1.807, 2.05) is 6.07 Å². The van der Waals surface area contributed by atoms with Crippen LogP contribution in [0.15, 0.2) is 23.9 Å². The van der Waals surface area contributed by atoms with Crippen LogP contribution in [0, 0.1) is 16.7 Å². The van der Waals surface area contributed by atoms with E-state index < -0.39 is 17.4 Å². The Morgan fingerprint density at radius 1 is 1.04 bits per heavy atom. The number of Topliss-reactive ketones (excluding diaryl/α,β-unsaturated/α-hetero) is 1. The zero-order chi connectivity index (χ0) is 19.5. The highest BCUT2D eigenvalue weighted by Gasteiger charge is 2.24. The van der Waals surface area contributed by atoms with Gasteiger partial charge >= 0.3 is 11.9 Å². The second-order valence-electron chi connectivity index (χ2n) is 6.13. The molecule has 25 heavy (non-hydrogen) atoms. The minimum Gasteiger partial charge on any atom is -0.465 e. The van der Waals surface area contributed by atoms with Gasteiger partial charge in [0.25, 0.3) is 0 Å². The molecule has 0 fully saturated rings. The number of carbonyl (C=O) groups excluding carboxylic acids is 3. The van der Waals surface area contributed by atoms with Gasteiger partial charge in [-0.15, -0.1) is 0 Å². The summed E-state index contributed by atoms with van der Waals surface area (Å²) in [6.45, 7) is 8.70. The Bertz CT molecular complexity index is 559. The Morgan fingerprint density at radius 3 is 1.88 bits per heavy atom. The molecule has 0 amide bonds. The number of allylic oxidation sites excluding steroid dienone is 3. The Hall–Kier alpha value is -2.62. The number of nitriles is 1. The lowest BCUT2D eigenvalue weighted by Gasteiger charge is -2.18. The highest BCUT2D eigenvalue weighted by molar-refractivity contribution is 6.02. The molecular formula is C18H26N2O5. The van der Waals surface area contributed by atoms with E-state index in [2.05, 4.69) is 0 Å². The van der Waals surface area contributed by atoms with E-state index in [9.17, 15) is 14.4 Å². The first-order valence-corrected chi connectivity index (χ1v) is 8.04. The van der Waals surface area contributed by atoms with Crippen LogP contribution in [-0.2, 0) is 23.9 Å². The van der Waals surface area contributed by atoms with Crippen LogP contribution in [-0.4, -0.2) is 48.9 Å². The molecule has 7 heteroatoms. The Labute approximate surface area is 148 Å². The Balaban J connectivity index is 5.19. The van der Waals surface area contributed by atoms with Gasteiger partial charge in [0.1, 0.15) is 19.2 Å². The summed E-state index contributed by atoms with van der Waals surface area (Å²) in [6.07, 6.45) is 4.25. The van der Waals surface area contributed by atoms with Gasteiger partial charge < -0.3 is 14.4 Å². The SMILES string of the molecule is CCOC(=O)CN(/C=C/C=C(\C#N)C(=O)C(C)(C)C)CC(=O)OCC. The largest absolute Gasteiger partial charge is 0.465 e. The third-order valence-corrected chi connectivity index (χ3v) is 2.88. The van der Waals surface area contributed by atoms with Crippen molar-refractivity contribution >= 4 is 17.7 Å². The summed E-state index contributed by atoms with van der Waals surface area (Å²) in [5, 5.41) is 9.12. The maximum Gasteiger partial charge on any atom is 0.325 e. The predicted octanol–water partition coefficient (Wildman–Crippen LogP) is 1.99. The predicted molar refractivity (Wildman–Crippen MR) is 92.1 cm³/mol. The standard InChI is InChI=1S/C18H26N2O5/c1-6-24-15(21)12-20(13-16(22)25-7-2)10-8-9-14(11-19)17(23)18(3,4)5/h8-10H,6-7,12-13H2,1-5H3/b10-8+,14-9+. The molecule has 0 aromatic rings. The third kappa shape index (κ3) is 9.30. The molecule has 7 nitrogen and oxygen atoms in total. The van der Waals surface area contributed by atoms with E-state index in [1.165, 1.54) is 23.3 Å². The van der Waals surface area contributed by atoms with Crippen molar-refractivity contribution in [2.45, 2.75) is 34.6 Å². The zero-order valence-electron chi connectivity index (χ0n) is 15.5. The van der Waals surface area contributed by atoms with Gasteiger partial charge in [0.05, 0.1) is 18.8 Å². The summed E-state index contributed by atoms with van der Waals surface area (Å²) in [5.41, 5.74) is -0.679. The number of esters is 2. The van der Waals surface area contributed by atoms with Crippen LogP contribution in [0.4, 0.5) is 0 Å². The molecule has 0 rings (SSSR count). The Kier molecular flexibility index (Phi) is 9.87. The molecular weight excluding hydrogens is 324 g/mol. The van der Waals surface area contributed by atoms with Crippen LogP contribution in [0.3, 0.4) is 0 Å². The van der Waals surface area contributed by atoms with Crippen LogP contribution in [0.25, 0.3) is 0 Å². The second-order valence-corrected chi connectivity index (χ2v) is 6.13. The van der Waals surface area contributed by atoms with Crippen molar-refractivity contribution < 1.29 is 23.9 Å². The molecule has 0 aliphatic heterocycles. The maximum absolute atomic E-state index is 12.1. The van der Waals surface area contributed by atoms with Gasteiger partial charge in [-0.25, -0.2) is 0 Å². The van der Waals surface area contributed by atoms with Crippen LogP contribution >= 0.6 is 0 Å². The lowest BCUT2D eigenvalue weighted by atomic mass is 9.86. The van der Waals surface area contributed by atoms with Gasteiger partial charge in [0.15, 0.2) is 5.78 Å². The van der Waals surface area contributed by atoms with Gasteiger partial charge in [0.2, 0.25) is 0 Å². The molecule has 0 unspecified atom stereocenters. The average Bonchev–Trinajstić information content (AvgIpc) is 2.50. The zero-order valence-corrected chi connectivity index (χ0v) is 15.5. The minimum absolute atomic E-state index is 0.00373. The van der Waals surface area contributed by atoms with E-state index in [4.69, 9.17) is 14.7 Å². The van der Waals surface area contributed by atoms with Crippen molar-refractivity contribution in [2.24, 2.45) is 5.41 Å². The smallest absolute Gasteiger partial charge is 0.325 e. The number of ketones is 1. The number of carbonyl (C=O) groups is 3. The third-order valence-electron chi connectivity index (χ3n) is 2.88. The van der Waals surface area contributed by atoms with Gasteiger partial charge in [-0.3, -0.25) is 14.4 Å². The summed E-state index contributed by atoms with van der Waals surface area (Å²) in [6, 6.07) is 1.86. The van der Waals surface area contributed by atoms with Gasteiger partial charge in [-0.1, -0.05) is 20.8 Å². The molecule has 0 bridgehead atoms. The molecule has 0 spiro atoms. The van der Waals surface area contributed by atoms with Crippen molar-refractivity contribution in [3.05, 3.63) is 23.9 Å². The molecule has 0 aliphatic carbocycles. The molecule has 0 aromatic carbocycles. The lowest BCUT2D eigenvalue weighted by molar-refractivity contribution is -0.146. The lowest BCUT2D eigenvalue weighted by Crippen LogP contribution is -2.32. The van der Waals surface area contributed by atoms with Crippen molar-refractivity contribution in [1.29, 1.82) is 5.26 Å². The first-order valence-electron chi connectivity index (χ1n) is 8.04. The second kappa shape index (κ2) is 11.0. The van der Waals surface area contributed by atoms with E-state index in [1.54, 1.807) is 34.6 Å². The van der Waals surface area contributed by atoms with E-state index in [0.717, 1.165) is 0 Å². The molecule has 0 heterocycles. The van der Waals surface area contributed by atoms with Crippen LogP contribution < -0.4 is 0 Å². The molecule has 0 aromatic heterocycles. The molecule has 0 saturated carbocycles. The Morgan fingerprint density at radius 2 is 1.52 bits per heavy atom. The summed E-state index contributed by atoms with van der Waals surface area (Å²) < 4.78 is 9.71. The van der Waals surface area contributed by atoms with Crippen molar-refractivity contribution in [2.75, 3.05) is 26.3 Å². The number of ether oxygens (including phenoxy) is 2. The fraction of sp³-hybridized carbons (Fsp3) is 0.556. The first-order chi connectivity index (χ1) is 11.6. The number of nitrogens with zero attached hydrogens (tertiary/aromatic N) is 2. The summed E-state index contributed by atoms with van der Waals surface area (Å²) in [7, 11) is 0. The number of rotatable bonds is 9. The topological polar surface area (TPSA) is 96.7 Å². The molecule has 0 radical (unpaired) electrons. The summed E-state index contributed by atoms with van der Waals surface area (Å²) in [4.78, 5) is 36.7. The molecule has 0 saturated heterocycles. The van der Waals surface area contributed by atoms with Crippen molar-refractivity contribution in [1.82, 2.24) is 4.90 Å². The van der Waals surface area contributed by atoms with Crippen molar-refractivity contribution in [3.8, 4) is 6.07 Å². The monoisotopic (exact) mass is 350 g/mol. The minimum atomic E-state index is -0.676. The van der Waals surface area contributed by atoms with Gasteiger partial charge in [-0.05, 0) is 26.0 Å². The van der Waals surface area contributed by atoms with E-state index in [-0.39, 0.29) is 37.7 Å². The van der Waals surface area contributed by atoms with Crippen molar-refractivity contribution in [3.63, 3.8) is 0 Å². The molecule has 0 N–H and O–H groups in total. The van der Waals surface area contributed by atoms with Crippen LogP contribution in [0.1, 0.15) is 34.6 Å². The average molecular weight is 350 g/mol.